The first-order valence-corrected chi connectivity index (χ1v) is 8.56. The molecule has 25 heavy (non-hydrogen) atoms. The van der Waals surface area contributed by atoms with Gasteiger partial charge in [-0.3, -0.25) is 0 Å². The maximum atomic E-state index is 13.2. The Morgan fingerprint density at radius 2 is 2.28 bits per heavy atom. The molecule has 1 aliphatic rings. The second kappa shape index (κ2) is 6.40. The van der Waals surface area contributed by atoms with Crippen LogP contribution in [0.2, 0.25) is 0 Å². The lowest BCUT2D eigenvalue weighted by atomic mass is 10.2. The van der Waals surface area contributed by atoms with Gasteiger partial charge in [0.15, 0.2) is 5.82 Å². The highest BCUT2D eigenvalue weighted by atomic mass is 79.9. The fraction of sp³-hybridized carbons (Fsp3) is 0.250. The number of nitrogens with one attached hydrogen (secondary N) is 1. The Labute approximate surface area is 151 Å². The molecule has 1 aliphatic heterocycles. The third-order valence-electron chi connectivity index (χ3n) is 3.95. The summed E-state index contributed by atoms with van der Waals surface area (Å²) in [6.07, 6.45) is 2.87. The summed E-state index contributed by atoms with van der Waals surface area (Å²) in [6, 6.07) is 6.92. The van der Waals surface area contributed by atoms with Crippen LogP contribution in [-0.2, 0) is 0 Å². The Bertz CT molecular complexity index is 945. The SMILES string of the molecule is O=C(Nc1cccc(-c2nc3ncc(Br)cn3n2)c1)N1CC[C@H](F)C1. The summed E-state index contributed by atoms with van der Waals surface area (Å²) < 4.78 is 15.6. The molecular weight excluding hydrogens is 391 g/mol. The maximum absolute atomic E-state index is 13.2. The average Bonchev–Trinajstić information content (AvgIpc) is 3.21. The molecule has 1 fully saturated rings. The molecule has 0 spiro atoms. The normalized spacial score (nSPS) is 17.2. The lowest BCUT2D eigenvalue weighted by Gasteiger charge is -2.16. The van der Waals surface area contributed by atoms with Gasteiger partial charge in [0.2, 0.25) is 0 Å². The molecule has 1 atom stereocenters. The molecule has 7 nitrogen and oxygen atoms in total. The van der Waals surface area contributed by atoms with Crippen LogP contribution in [0.4, 0.5) is 14.9 Å². The Morgan fingerprint density at radius 1 is 1.40 bits per heavy atom. The van der Waals surface area contributed by atoms with Crippen LogP contribution < -0.4 is 5.32 Å². The van der Waals surface area contributed by atoms with E-state index in [0.29, 0.717) is 30.3 Å². The van der Waals surface area contributed by atoms with E-state index >= 15 is 0 Å². The summed E-state index contributed by atoms with van der Waals surface area (Å²) in [5.41, 5.74) is 1.36. The molecular formula is C16H14BrFN6O. The number of carbonyl (C=O) groups is 1. The number of carbonyl (C=O) groups excluding carboxylic acids is 1. The highest BCUT2D eigenvalue weighted by molar-refractivity contribution is 9.10. The highest BCUT2D eigenvalue weighted by Crippen LogP contribution is 2.21. The summed E-state index contributed by atoms with van der Waals surface area (Å²) in [5.74, 6) is 0.991. The van der Waals surface area contributed by atoms with Crippen LogP contribution in [0.15, 0.2) is 41.1 Å². The van der Waals surface area contributed by atoms with Crippen molar-refractivity contribution >= 4 is 33.4 Å². The molecule has 2 amide bonds. The molecule has 3 heterocycles. The monoisotopic (exact) mass is 404 g/mol. The molecule has 128 valence electrons. The van der Waals surface area contributed by atoms with Crippen LogP contribution in [0.1, 0.15) is 6.42 Å². The van der Waals surface area contributed by atoms with Crippen molar-refractivity contribution in [3.05, 3.63) is 41.1 Å². The molecule has 4 rings (SSSR count). The van der Waals surface area contributed by atoms with Crippen molar-refractivity contribution in [2.45, 2.75) is 12.6 Å². The molecule has 1 saturated heterocycles. The standard InChI is InChI=1S/C16H14BrFN6O/c17-11-7-19-15-21-14(22-24(15)8-11)10-2-1-3-13(6-10)20-16(25)23-5-4-12(18)9-23/h1-3,6-8,12H,4-5,9H2,(H,20,25)/t12-/m0/s1. The van der Waals surface area contributed by atoms with E-state index in [1.54, 1.807) is 29.0 Å². The van der Waals surface area contributed by atoms with E-state index in [1.807, 2.05) is 12.1 Å². The van der Waals surface area contributed by atoms with Gasteiger partial charge in [0.25, 0.3) is 5.78 Å². The summed E-state index contributed by atoms with van der Waals surface area (Å²) in [5, 5.41) is 7.18. The number of hydrogen-bond acceptors (Lipinski definition) is 4. The van der Waals surface area contributed by atoms with Gasteiger partial charge >= 0.3 is 6.03 Å². The number of nitrogens with zero attached hydrogens (tertiary/aromatic N) is 5. The fourth-order valence-electron chi connectivity index (χ4n) is 2.72. The van der Waals surface area contributed by atoms with Crippen LogP contribution in [0, 0.1) is 0 Å². The molecule has 3 aromatic rings. The minimum Gasteiger partial charge on any atom is -0.322 e. The van der Waals surface area contributed by atoms with Gasteiger partial charge in [0, 0.05) is 30.2 Å². The van der Waals surface area contributed by atoms with E-state index in [1.165, 1.54) is 4.90 Å². The number of likely N-dealkylation sites (tertiary alicyclic amines) is 1. The number of hydrogen-bond donors (Lipinski definition) is 1. The zero-order valence-corrected chi connectivity index (χ0v) is 14.6. The number of amides is 2. The number of rotatable bonds is 2. The van der Waals surface area contributed by atoms with Gasteiger partial charge in [-0.15, -0.1) is 5.10 Å². The third-order valence-corrected chi connectivity index (χ3v) is 4.36. The number of fused-ring (bicyclic) bond motifs is 1. The maximum Gasteiger partial charge on any atom is 0.321 e. The molecule has 0 radical (unpaired) electrons. The lowest BCUT2D eigenvalue weighted by molar-refractivity contribution is 0.218. The molecule has 0 aliphatic carbocycles. The van der Waals surface area contributed by atoms with Crippen LogP contribution in [0.5, 0.6) is 0 Å². The smallest absolute Gasteiger partial charge is 0.321 e. The topological polar surface area (TPSA) is 75.4 Å². The van der Waals surface area contributed by atoms with Crippen LogP contribution >= 0.6 is 15.9 Å². The van der Waals surface area contributed by atoms with E-state index in [-0.39, 0.29) is 12.6 Å². The fourth-order valence-corrected chi connectivity index (χ4v) is 3.02. The number of aromatic nitrogens is 4. The molecule has 1 aromatic carbocycles. The number of urea groups is 1. The van der Waals surface area contributed by atoms with E-state index in [9.17, 15) is 9.18 Å². The van der Waals surface area contributed by atoms with E-state index in [2.05, 4.69) is 36.3 Å². The first kappa shape index (κ1) is 15.9. The van der Waals surface area contributed by atoms with Gasteiger partial charge in [-0.25, -0.2) is 18.7 Å². The van der Waals surface area contributed by atoms with Gasteiger partial charge < -0.3 is 10.2 Å². The van der Waals surface area contributed by atoms with E-state index < -0.39 is 6.17 Å². The third kappa shape index (κ3) is 3.32. The van der Waals surface area contributed by atoms with Crippen molar-refractivity contribution in [1.29, 1.82) is 0 Å². The van der Waals surface area contributed by atoms with Crippen molar-refractivity contribution in [3.8, 4) is 11.4 Å². The van der Waals surface area contributed by atoms with Crippen molar-refractivity contribution < 1.29 is 9.18 Å². The van der Waals surface area contributed by atoms with Gasteiger partial charge in [0.05, 0.1) is 11.0 Å². The van der Waals surface area contributed by atoms with Crippen LogP contribution in [0.3, 0.4) is 0 Å². The predicted molar refractivity (Wildman–Crippen MR) is 94.0 cm³/mol. The number of alkyl halides is 1. The molecule has 0 saturated carbocycles. The summed E-state index contributed by atoms with van der Waals surface area (Å²) in [7, 11) is 0. The molecule has 9 heteroatoms. The number of benzene rings is 1. The van der Waals surface area contributed by atoms with Gasteiger partial charge in [0.1, 0.15) is 6.17 Å². The number of halogens is 2. The second-order valence-corrected chi connectivity index (χ2v) is 6.71. The van der Waals surface area contributed by atoms with E-state index in [4.69, 9.17) is 0 Å². The Balaban J connectivity index is 1.57. The van der Waals surface area contributed by atoms with Gasteiger partial charge in [-0.2, -0.15) is 4.98 Å². The molecule has 2 aromatic heterocycles. The zero-order chi connectivity index (χ0) is 17.4. The minimum absolute atomic E-state index is 0.139. The first-order valence-electron chi connectivity index (χ1n) is 7.77. The average molecular weight is 405 g/mol. The van der Waals surface area contributed by atoms with Crippen LogP contribution in [-0.4, -0.2) is 49.8 Å². The highest BCUT2D eigenvalue weighted by Gasteiger charge is 2.25. The quantitative estimate of drug-likeness (QED) is 0.711. The van der Waals surface area contributed by atoms with Gasteiger partial charge in [-0.05, 0) is 34.5 Å². The summed E-state index contributed by atoms with van der Waals surface area (Å²) >= 11 is 3.34. The van der Waals surface area contributed by atoms with E-state index in [0.717, 1.165) is 10.0 Å². The first-order chi connectivity index (χ1) is 12.1. The molecule has 0 unspecified atom stereocenters. The summed E-state index contributed by atoms with van der Waals surface area (Å²) in [6.45, 7) is 0.571. The Morgan fingerprint density at radius 3 is 3.08 bits per heavy atom. The largest absolute Gasteiger partial charge is 0.322 e. The lowest BCUT2D eigenvalue weighted by Crippen LogP contribution is -2.33. The summed E-state index contributed by atoms with van der Waals surface area (Å²) in [4.78, 5) is 22.2. The Kier molecular flexibility index (Phi) is 4.08. The van der Waals surface area contributed by atoms with Crippen molar-refractivity contribution in [1.82, 2.24) is 24.5 Å². The predicted octanol–water partition coefficient (Wildman–Crippen LogP) is 3.13. The Hall–Kier alpha value is -2.55. The second-order valence-electron chi connectivity index (χ2n) is 5.80. The van der Waals surface area contributed by atoms with Crippen molar-refractivity contribution in [2.24, 2.45) is 0 Å². The molecule has 1 N–H and O–H groups in total. The van der Waals surface area contributed by atoms with Crippen molar-refractivity contribution in [3.63, 3.8) is 0 Å². The zero-order valence-electron chi connectivity index (χ0n) is 13.1. The molecule has 0 bridgehead atoms. The number of anilines is 1. The van der Waals surface area contributed by atoms with Crippen LogP contribution in [0.25, 0.3) is 17.2 Å². The minimum atomic E-state index is -0.939. The van der Waals surface area contributed by atoms with Crippen molar-refractivity contribution in [2.75, 3.05) is 18.4 Å². The van der Waals surface area contributed by atoms with Gasteiger partial charge in [-0.1, -0.05) is 12.1 Å².